The fourth-order valence-corrected chi connectivity index (χ4v) is 1.06. The van der Waals surface area contributed by atoms with Crippen molar-refractivity contribution in [2.75, 3.05) is 20.2 Å². The Morgan fingerprint density at radius 1 is 1.44 bits per heavy atom. The molecule has 0 saturated carbocycles. The van der Waals surface area contributed by atoms with Crippen molar-refractivity contribution in [3.8, 4) is 6.07 Å². The monoisotopic (exact) mass is 226 g/mol. The molecule has 0 aromatic rings. The van der Waals surface area contributed by atoms with Gasteiger partial charge in [-0.15, -0.1) is 0 Å². The second kappa shape index (κ2) is 8.12. The summed E-state index contributed by atoms with van der Waals surface area (Å²) in [6.07, 6.45) is 0.946. The van der Waals surface area contributed by atoms with Gasteiger partial charge < -0.3 is 9.64 Å². The molecule has 92 valence electrons. The Labute approximate surface area is 98.2 Å². The van der Waals surface area contributed by atoms with Crippen molar-refractivity contribution < 1.29 is 9.53 Å². The Balaban J connectivity index is 3.69. The molecule has 16 heavy (non-hydrogen) atoms. The van der Waals surface area contributed by atoms with E-state index in [2.05, 4.69) is 13.8 Å². The molecule has 0 aliphatic heterocycles. The van der Waals surface area contributed by atoms with Crippen LogP contribution in [-0.4, -0.2) is 37.1 Å². The van der Waals surface area contributed by atoms with E-state index in [4.69, 9.17) is 10.00 Å². The van der Waals surface area contributed by atoms with Gasteiger partial charge in [0.25, 0.3) is 0 Å². The summed E-state index contributed by atoms with van der Waals surface area (Å²) in [6, 6.07) is 2.02. The Morgan fingerprint density at radius 2 is 2.06 bits per heavy atom. The van der Waals surface area contributed by atoms with Crippen LogP contribution in [-0.2, 0) is 9.53 Å². The molecule has 0 bridgehead atoms. The molecule has 0 N–H and O–H groups in total. The van der Waals surface area contributed by atoms with Crippen molar-refractivity contribution in [2.24, 2.45) is 5.92 Å². The number of carbonyl (C=O) groups excluding carboxylic acids is 1. The van der Waals surface area contributed by atoms with Crippen LogP contribution in [0, 0.1) is 17.2 Å². The summed E-state index contributed by atoms with van der Waals surface area (Å²) in [6.45, 7) is 7.13. The third-order valence-electron chi connectivity index (χ3n) is 2.62. The number of amides is 1. The molecule has 0 aromatic carbocycles. The molecule has 0 aromatic heterocycles. The summed E-state index contributed by atoms with van der Waals surface area (Å²) in [7, 11) is 1.71. The highest BCUT2D eigenvalue weighted by Gasteiger charge is 2.11. The predicted octanol–water partition coefficient (Wildman–Crippen LogP) is 1.81. The van der Waals surface area contributed by atoms with Crippen LogP contribution < -0.4 is 0 Å². The minimum atomic E-state index is 0.0335. The number of carbonyl (C=O) groups is 1. The molecule has 0 heterocycles. The van der Waals surface area contributed by atoms with Gasteiger partial charge in [0.2, 0.25) is 5.91 Å². The second-order valence-corrected chi connectivity index (χ2v) is 4.29. The molecule has 4 nitrogen and oxygen atoms in total. The summed E-state index contributed by atoms with van der Waals surface area (Å²) in [5.41, 5.74) is 0. The van der Waals surface area contributed by atoms with Gasteiger partial charge in [0.15, 0.2) is 0 Å². The van der Waals surface area contributed by atoms with E-state index in [9.17, 15) is 4.79 Å². The minimum Gasteiger partial charge on any atom is -0.378 e. The van der Waals surface area contributed by atoms with E-state index in [0.29, 0.717) is 31.9 Å². The van der Waals surface area contributed by atoms with Crippen LogP contribution in [0.3, 0.4) is 0 Å². The normalized spacial score (nSPS) is 12.2. The van der Waals surface area contributed by atoms with Gasteiger partial charge in [0.1, 0.15) is 0 Å². The summed E-state index contributed by atoms with van der Waals surface area (Å²) in [4.78, 5) is 13.1. The van der Waals surface area contributed by atoms with Gasteiger partial charge in [-0.05, 0) is 12.8 Å². The van der Waals surface area contributed by atoms with Gasteiger partial charge in [-0.3, -0.25) is 4.79 Å². The quantitative estimate of drug-likeness (QED) is 0.665. The summed E-state index contributed by atoms with van der Waals surface area (Å²) < 4.78 is 5.52. The van der Waals surface area contributed by atoms with Crippen LogP contribution in [0.15, 0.2) is 0 Å². The van der Waals surface area contributed by atoms with Crippen molar-refractivity contribution in [2.45, 2.75) is 39.7 Å². The number of hydrogen-bond acceptors (Lipinski definition) is 3. The fourth-order valence-electron chi connectivity index (χ4n) is 1.06. The molecule has 4 heteroatoms. The van der Waals surface area contributed by atoms with E-state index in [1.165, 1.54) is 0 Å². The molecular formula is C12H22N2O2. The largest absolute Gasteiger partial charge is 0.378 e. The highest BCUT2D eigenvalue weighted by Crippen LogP contribution is 2.05. The minimum absolute atomic E-state index is 0.0335. The van der Waals surface area contributed by atoms with E-state index in [1.807, 2.05) is 13.0 Å². The van der Waals surface area contributed by atoms with Crippen LogP contribution >= 0.6 is 0 Å². The Kier molecular flexibility index (Phi) is 7.57. The van der Waals surface area contributed by atoms with E-state index in [1.54, 1.807) is 11.9 Å². The lowest BCUT2D eigenvalue weighted by Crippen LogP contribution is -2.29. The SMILES string of the molecule is CC(C)C(C)OCCC(=O)N(C)CCC#N. The number of hydrogen-bond donors (Lipinski definition) is 0. The summed E-state index contributed by atoms with van der Waals surface area (Å²) in [5.74, 6) is 0.498. The lowest BCUT2D eigenvalue weighted by molar-refractivity contribution is -0.131. The molecule has 0 radical (unpaired) electrons. The van der Waals surface area contributed by atoms with Crippen molar-refractivity contribution in [3.05, 3.63) is 0 Å². The van der Waals surface area contributed by atoms with E-state index >= 15 is 0 Å². The number of rotatable bonds is 7. The van der Waals surface area contributed by atoms with Crippen molar-refractivity contribution in [1.82, 2.24) is 4.90 Å². The average molecular weight is 226 g/mol. The molecule has 0 spiro atoms. The average Bonchev–Trinajstić information content (AvgIpc) is 2.25. The fraction of sp³-hybridized carbons (Fsp3) is 0.833. The van der Waals surface area contributed by atoms with Crippen LogP contribution in [0.25, 0.3) is 0 Å². The van der Waals surface area contributed by atoms with Gasteiger partial charge in [-0.1, -0.05) is 13.8 Å². The number of nitrogens with zero attached hydrogens (tertiary/aromatic N) is 2. The van der Waals surface area contributed by atoms with Crippen molar-refractivity contribution in [1.29, 1.82) is 5.26 Å². The lowest BCUT2D eigenvalue weighted by atomic mass is 10.1. The Hall–Kier alpha value is -1.08. The molecule has 0 aliphatic carbocycles. The first-order valence-corrected chi connectivity index (χ1v) is 5.71. The van der Waals surface area contributed by atoms with Gasteiger partial charge >= 0.3 is 0 Å². The highest BCUT2D eigenvalue weighted by molar-refractivity contribution is 5.75. The van der Waals surface area contributed by atoms with Crippen molar-refractivity contribution >= 4 is 5.91 Å². The maximum absolute atomic E-state index is 11.5. The molecule has 1 atom stereocenters. The predicted molar refractivity (Wildman–Crippen MR) is 62.7 cm³/mol. The molecule has 1 amide bonds. The maximum atomic E-state index is 11.5. The van der Waals surface area contributed by atoms with Crippen LogP contribution in [0.1, 0.15) is 33.6 Å². The van der Waals surface area contributed by atoms with E-state index < -0.39 is 0 Å². The molecule has 0 fully saturated rings. The molecule has 0 saturated heterocycles. The van der Waals surface area contributed by atoms with Crippen LogP contribution in [0.5, 0.6) is 0 Å². The second-order valence-electron chi connectivity index (χ2n) is 4.29. The van der Waals surface area contributed by atoms with Gasteiger partial charge in [-0.25, -0.2) is 0 Å². The smallest absolute Gasteiger partial charge is 0.224 e. The Morgan fingerprint density at radius 3 is 2.56 bits per heavy atom. The van der Waals surface area contributed by atoms with E-state index in [-0.39, 0.29) is 12.0 Å². The molecule has 0 aliphatic rings. The zero-order valence-electron chi connectivity index (χ0n) is 10.7. The summed E-state index contributed by atoms with van der Waals surface area (Å²) >= 11 is 0. The first-order chi connectivity index (χ1) is 7.49. The van der Waals surface area contributed by atoms with Gasteiger partial charge in [-0.2, -0.15) is 5.26 Å². The van der Waals surface area contributed by atoms with Crippen molar-refractivity contribution in [3.63, 3.8) is 0 Å². The van der Waals surface area contributed by atoms with Gasteiger partial charge in [0.05, 0.1) is 31.6 Å². The number of ether oxygens (including phenoxy) is 1. The first kappa shape index (κ1) is 14.9. The van der Waals surface area contributed by atoms with Crippen LogP contribution in [0.2, 0.25) is 0 Å². The van der Waals surface area contributed by atoms with E-state index in [0.717, 1.165) is 0 Å². The topological polar surface area (TPSA) is 53.3 Å². The lowest BCUT2D eigenvalue weighted by Gasteiger charge is -2.18. The van der Waals surface area contributed by atoms with Gasteiger partial charge in [0, 0.05) is 13.6 Å². The summed E-state index contributed by atoms with van der Waals surface area (Å²) in [5, 5.41) is 8.39. The van der Waals surface area contributed by atoms with Crippen LogP contribution in [0.4, 0.5) is 0 Å². The standard InChI is InChI=1S/C12H22N2O2/c1-10(2)11(3)16-9-6-12(15)14(4)8-5-7-13/h10-11H,5-6,8-9H2,1-4H3. The third kappa shape index (κ3) is 6.41. The maximum Gasteiger partial charge on any atom is 0.224 e. The zero-order chi connectivity index (χ0) is 12.6. The molecular weight excluding hydrogens is 204 g/mol. The first-order valence-electron chi connectivity index (χ1n) is 5.71. The third-order valence-corrected chi connectivity index (χ3v) is 2.62. The Bertz CT molecular complexity index is 246. The molecule has 1 unspecified atom stereocenters. The zero-order valence-corrected chi connectivity index (χ0v) is 10.7. The number of nitriles is 1. The molecule has 0 rings (SSSR count). The highest BCUT2D eigenvalue weighted by atomic mass is 16.5.